The number of nitrogens with one attached hydrogen (secondary N) is 1. The van der Waals surface area contributed by atoms with Gasteiger partial charge >= 0.3 is 11.9 Å². The summed E-state index contributed by atoms with van der Waals surface area (Å²) in [7, 11) is 1.33. The summed E-state index contributed by atoms with van der Waals surface area (Å²) in [5, 5.41) is 12.7. The van der Waals surface area contributed by atoms with E-state index in [1.165, 1.54) is 7.11 Å². The number of carboxylic acids is 1. The summed E-state index contributed by atoms with van der Waals surface area (Å²) in [4.78, 5) is 38.7. The summed E-state index contributed by atoms with van der Waals surface area (Å²) < 4.78 is 4.92. The average Bonchev–Trinajstić information content (AvgIpc) is 3.31. The minimum Gasteiger partial charge on any atom is -0.480 e. The molecule has 158 valence electrons. The number of hydrogen-bond donors (Lipinski definition) is 2. The minimum atomic E-state index is -0.950. The van der Waals surface area contributed by atoms with E-state index < -0.39 is 30.1 Å². The first-order chi connectivity index (χ1) is 13.9. The zero-order chi connectivity index (χ0) is 21.0. The maximum atomic E-state index is 13.2. The number of ether oxygens (including phenoxy) is 1. The van der Waals surface area contributed by atoms with E-state index in [0.29, 0.717) is 19.3 Å². The number of aliphatic carboxylic acids is 1. The SMILES string of the molecule is COC(=O)C(CCc1ccccc1)N[C@@H](C)C(=O)N1C2CCCC2C[C@H]1C(=O)O. The van der Waals surface area contributed by atoms with Gasteiger partial charge in [0.25, 0.3) is 0 Å². The van der Waals surface area contributed by atoms with Crippen LogP contribution < -0.4 is 5.32 Å². The van der Waals surface area contributed by atoms with Crippen molar-refractivity contribution in [3.05, 3.63) is 35.9 Å². The van der Waals surface area contributed by atoms with Crippen LogP contribution in [0.25, 0.3) is 0 Å². The van der Waals surface area contributed by atoms with E-state index in [1.807, 2.05) is 30.3 Å². The third kappa shape index (κ3) is 4.78. The van der Waals surface area contributed by atoms with Gasteiger partial charge in [-0.05, 0) is 50.5 Å². The molecule has 3 unspecified atom stereocenters. The number of esters is 1. The summed E-state index contributed by atoms with van der Waals surface area (Å²) in [5.41, 5.74) is 1.10. The minimum absolute atomic E-state index is 0.00579. The number of amides is 1. The van der Waals surface area contributed by atoms with Crippen LogP contribution in [0.3, 0.4) is 0 Å². The van der Waals surface area contributed by atoms with Gasteiger partial charge in [-0.3, -0.25) is 14.9 Å². The van der Waals surface area contributed by atoms with Crippen molar-refractivity contribution in [2.45, 2.75) is 69.6 Å². The van der Waals surface area contributed by atoms with Crippen LogP contribution in [0.2, 0.25) is 0 Å². The molecule has 2 fully saturated rings. The predicted molar refractivity (Wildman–Crippen MR) is 107 cm³/mol. The lowest BCUT2D eigenvalue weighted by atomic mass is 10.0. The fourth-order valence-electron chi connectivity index (χ4n) is 4.79. The number of benzene rings is 1. The van der Waals surface area contributed by atoms with Crippen LogP contribution in [0.15, 0.2) is 30.3 Å². The molecular weight excluding hydrogens is 372 g/mol. The van der Waals surface area contributed by atoms with Gasteiger partial charge < -0.3 is 14.7 Å². The summed E-state index contributed by atoms with van der Waals surface area (Å²) in [5.74, 6) is -1.36. The van der Waals surface area contributed by atoms with E-state index in [2.05, 4.69) is 5.32 Å². The predicted octanol–water partition coefficient (Wildman–Crippen LogP) is 1.99. The molecule has 0 radical (unpaired) electrons. The molecule has 3 rings (SSSR count). The van der Waals surface area contributed by atoms with Crippen LogP contribution in [-0.2, 0) is 25.5 Å². The molecule has 2 N–H and O–H groups in total. The molecule has 1 saturated heterocycles. The number of carbonyl (C=O) groups excluding carboxylic acids is 2. The highest BCUT2D eigenvalue weighted by Gasteiger charge is 2.49. The molecule has 1 heterocycles. The molecular formula is C22H30N2O5. The Hall–Kier alpha value is -2.41. The monoisotopic (exact) mass is 402 g/mol. The van der Waals surface area contributed by atoms with Crippen molar-refractivity contribution in [3.63, 3.8) is 0 Å². The van der Waals surface area contributed by atoms with Crippen molar-refractivity contribution in [2.75, 3.05) is 7.11 Å². The molecule has 1 aromatic carbocycles. The number of carbonyl (C=O) groups is 3. The normalized spacial score (nSPS) is 25.3. The lowest BCUT2D eigenvalue weighted by Gasteiger charge is -2.31. The highest BCUT2D eigenvalue weighted by Crippen LogP contribution is 2.41. The first-order valence-corrected chi connectivity index (χ1v) is 10.3. The topological polar surface area (TPSA) is 95.9 Å². The quantitative estimate of drug-likeness (QED) is 0.646. The highest BCUT2D eigenvalue weighted by molar-refractivity contribution is 5.88. The smallest absolute Gasteiger partial charge is 0.326 e. The molecule has 1 aliphatic heterocycles. The largest absolute Gasteiger partial charge is 0.480 e. The van der Waals surface area contributed by atoms with Crippen molar-refractivity contribution in [1.29, 1.82) is 0 Å². The molecule has 1 aliphatic carbocycles. The number of nitrogens with zero attached hydrogens (tertiary/aromatic N) is 1. The molecule has 1 amide bonds. The van der Waals surface area contributed by atoms with Gasteiger partial charge in [0.05, 0.1) is 13.2 Å². The van der Waals surface area contributed by atoms with Crippen LogP contribution >= 0.6 is 0 Å². The van der Waals surface area contributed by atoms with Gasteiger partial charge in [-0.25, -0.2) is 4.79 Å². The number of rotatable bonds is 8. The maximum absolute atomic E-state index is 13.2. The summed E-state index contributed by atoms with van der Waals surface area (Å²) in [6.45, 7) is 1.70. The second-order valence-electron chi connectivity index (χ2n) is 8.08. The lowest BCUT2D eigenvalue weighted by Crippen LogP contribution is -2.55. The van der Waals surface area contributed by atoms with Crippen LogP contribution in [-0.4, -0.2) is 59.1 Å². The Balaban J connectivity index is 1.67. The Kier molecular flexibility index (Phi) is 6.90. The molecule has 7 nitrogen and oxygen atoms in total. The van der Waals surface area contributed by atoms with Crippen LogP contribution in [0.5, 0.6) is 0 Å². The van der Waals surface area contributed by atoms with Gasteiger partial charge in [0, 0.05) is 6.04 Å². The molecule has 2 aliphatic rings. The Morgan fingerprint density at radius 3 is 2.62 bits per heavy atom. The van der Waals surface area contributed by atoms with Gasteiger partial charge in [0.1, 0.15) is 12.1 Å². The summed E-state index contributed by atoms with van der Waals surface area (Å²) >= 11 is 0. The van der Waals surface area contributed by atoms with Gasteiger partial charge in [-0.2, -0.15) is 0 Å². The highest BCUT2D eigenvalue weighted by atomic mass is 16.5. The van der Waals surface area contributed by atoms with Gasteiger partial charge in [0.2, 0.25) is 5.91 Å². The maximum Gasteiger partial charge on any atom is 0.326 e. The third-order valence-corrected chi connectivity index (χ3v) is 6.25. The zero-order valence-corrected chi connectivity index (χ0v) is 17.0. The van der Waals surface area contributed by atoms with E-state index in [9.17, 15) is 19.5 Å². The fourth-order valence-corrected chi connectivity index (χ4v) is 4.79. The fraction of sp³-hybridized carbons (Fsp3) is 0.591. The van der Waals surface area contributed by atoms with Crippen molar-refractivity contribution >= 4 is 17.8 Å². The number of hydrogen-bond acceptors (Lipinski definition) is 5. The molecule has 7 heteroatoms. The molecule has 0 bridgehead atoms. The Labute approximate surface area is 171 Å². The summed E-state index contributed by atoms with van der Waals surface area (Å²) in [6, 6.07) is 7.72. The zero-order valence-electron chi connectivity index (χ0n) is 17.0. The van der Waals surface area contributed by atoms with E-state index in [-0.39, 0.29) is 17.9 Å². The number of carboxylic acid groups (broad SMARTS) is 1. The Bertz CT molecular complexity index is 738. The number of methoxy groups -OCH3 is 1. The standard InChI is InChI=1S/C22H30N2O5/c1-14(20(25)24-18-10-6-9-16(18)13-19(24)21(26)27)23-17(22(28)29-2)12-11-15-7-4-3-5-8-15/h3-5,7-8,14,16-19,23H,6,9-13H2,1-2H3,(H,26,27)/t14-,16?,17?,18?,19-/m0/s1. The van der Waals surface area contributed by atoms with Crippen LogP contribution in [0, 0.1) is 5.92 Å². The van der Waals surface area contributed by atoms with Gasteiger partial charge in [-0.15, -0.1) is 0 Å². The Morgan fingerprint density at radius 2 is 1.97 bits per heavy atom. The van der Waals surface area contributed by atoms with E-state index in [4.69, 9.17) is 4.74 Å². The van der Waals surface area contributed by atoms with Crippen molar-refractivity contribution in [2.24, 2.45) is 5.92 Å². The Morgan fingerprint density at radius 1 is 1.24 bits per heavy atom. The van der Waals surface area contributed by atoms with Gasteiger partial charge in [0.15, 0.2) is 0 Å². The van der Waals surface area contributed by atoms with E-state index in [1.54, 1.807) is 11.8 Å². The van der Waals surface area contributed by atoms with E-state index >= 15 is 0 Å². The number of fused-ring (bicyclic) bond motifs is 1. The van der Waals surface area contributed by atoms with Crippen molar-refractivity contribution in [3.8, 4) is 0 Å². The van der Waals surface area contributed by atoms with Crippen LogP contribution in [0.4, 0.5) is 0 Å². The van der Waals surface area contributed by atoms with Crippen LogP contribution in [0.1, 0.15) is 44.6 Å². The molecule has 29 heavy (non-hydrogen) atoms. The number of likely N-dealkylation sites (tertiary alicyclic amines) is 1. The lowest BCUT2D eigenvalue weighted by molar-refractivity contribution is -0.151. The van der Waals surface area contributed by atoms with E-state index in [0.717, 1.165) is 24.8 Å². The second kappa shape index (κ2) is 9.39. The first-order valence-electron chi connectivity index (χ1n) is 10.3. The number of aryl methyl sites for hydroxylation is 1. The molecule has 0 aromatic heterocycles. The first kappa shape index (κ1) is 21.3. The molecule has 0 spiro atoms. The van der Waals surface area contributed by atoms with Gasteiger partial charge in [-0.1, -0.05) is 36.8 Å². The average molecular weight is 402 g/mol. The summed E-state index contributed by atoms with van der Waals surface area (Å²) in [6.07, 6.45) is 4.52. The molecule has 5 atom stereocenters. The van der Waals surface area contributed by atoms with Crippen molar-refractivity contribution in [1.82, 2.24) is 10.2 Å². The molecule has 1 aromatic rings. The third-order valence-electron chi connectivity index (χ3n) is 6.25. The van der Waals surface area contributed by atoms with Crippen molar-refractivity contribution < 1.29 is 24.2 Å². The molecule has 1 saturated carbocycles. The second-order valence-corrected chi connectivity index (χ2v) is 8.08.